The second-order valence-corrected chi connectivity index (χ2v) is 6.87. The highest BCUT2D eigenvalue weighted by Crippen LogP contribution is 2.23. The number of hydrogen-bond donors (Lipinski definition) is 1. The van der Waals surface area contributed by atoms with Gasteiger partial charge in [-0.2, -0.15) is 5.10 Å². The van der Waals surface area contributed by atoms with Crippen LogP contribution in [-0.4, -0.2) is 20.3 Å². The quantitative estimate of drug-likeness (QED) is 0.553. The first-order valence-corrected chi connectivity index (χ1v) is 9.36. The molecular formula is C23H21FN4O. The molecule has 1 N–H and O–H groups in total. The first-order valence-electron chi connectivity index (χ1n) is 9.36. The Morgan fingerprint density at radius 3 is 2.38 bits per heavy atom. The number of aromatic nitrogens is 3. The number of aryl methyl sites for hydroxylation is 2. The Hall–Kier alpha value is -3.67. The Morgan fingerprint density at radius 2 is 1.69 bits per heavy atom. The van der Waals surface area contributed by atoms with Crippen LogP contribution in [0.15, 0.2) is 73.1 Å². The summed E-state index contributed by atoms with van der Waals surface area (Å²) in [5.41, 5.74) is 3.94. The van der Waals surface area contributed by atoms with Crippen LogP contribution >= 0.6 is 0 Å². The van der Waals surface area contributed by atoms with Crippen molar-refractivity contribution in [3.63, 3.8) is 0 Å². The first-order chi connectivity index (χ1) is 14.0. The molecule has 2 aromatic heterocycles. The predicted molar refractivity (Wildman–Crippen MR) is 110 cm³/mol. The Morgan fingerprint density at radius 1 is 1.00 bits per heavy atom. The van der Waals surface area contributed by atoms with Crippen molar-refractivity contribution in [3.8, 4) is 11.5 Å². The zero-order chi connectivity index (χ0) is 20.4. The van der Waals surface area contributed by atoms with Gasteiger partial charge in [0.05, 0.1) is 11.4 Å². The molecule has 0 spiro atoms. The van der Waals surface area contributed by atoms with Gasteiger partial charge in [0.1, 0.15) is 11.4 Å². The fourth-order valence-electron chi connectivity index (χ4n) is 3.33. The molecule has 146 valence electrons. The minimum Gasteiger partial charge on any atom is -0.348 e. The normalized spacial score (nSPS) is 10.9. The molecule has 4 rings (SSSR count). The maximum atomic E-state index is 13.4. The van der Waals surface area contributed by atoms with Crippen molar-refractivity contribution >= 4 is 5.91 Å². The molecule has 2 heterocycles. The van der Waals surface area contributed by atoms with Crippen molar-refractivity contribution in [1.82, 2.24) is 19.7 Å². The number of halogens is 1. The molecule has 0 aliphatic heterocycles. The molecule has 0 bridgehead atoms. The fraction of sp³-hybridized carbons (Fsp3) is 0.130. The van der Waals surface area contributed by atoms with E-state index in [1.807, 2.05) is 60.3 Å². The summed E-state index contributed by atoms with van der Waals surface area (Å²) in [7, 11) is 0. The minimum absolute atomic E-state index is 0.206. The van der Waals surface area contributed by atoms with Gasteiger partial charge in [-0.3, -0.25) is 4.79 Å². The van der Waals surface area contributed by atoms with E-state index >= 15 is 0 Å². The van der Waals surface area contributed by atoms with Gasteiger partial charge >= 0.3 is 0 Å². The molecule has 0 fully saturated rings. The van der Waals surface area contributed by atoms with Crippen molar-refractivity contribution in [1.29, 1.82) is 0 Å². The number of nitrogens with zero attached hydrogens (tertiary/aromatic N) is 3. The second kappa shape index (κ2) is 7.75. The van der Waals surface area contributed by atoms with Gasteiger partial charge in [-0.1, -0.05) is 24.3 Å². The average Bonchev–Trinajstić information content (AvgIpc) is 3.35. The van der Waals surface area contributed by atoms with Gasteiger partial charge in [0, 0.05) is 18.9 Å². The van der Waals surface area contributed by atoms with Crippen LogP contribution < -0.4 is 5.32 Å². The molecule has 0 saturated heterocycles. The summed E-state index contributed by atoms with van der Waals surface area (Å²) in [6.45, 7) is 4.25. The Balaban J connectivity index is 1.74. The van der Waals surface area contributed by atoms with E-state index in [-0.39, 0.29) is 11.7 Å². The molecule has 0 saturated carbocycles. The van der Waals surface area contributed by atoms with Crippen LogP contribution in [0.25, 0.3) is 11.5 Å². The molecular weight excluding hydrogens is 367 g/mol. The van der Waals surface area contributed by atoms with Crippen LogP contribution in [0.4, 0.5) is 4.39 Å². The summed E-state index contributed by atoms with van der Waals surface area (Å²) in [5, 5.41) is 7.58. The Kier molecular flexibility index (Phi) is 4.99. The van der Waals surface area contributed by atoms with E-state index < -0.39 is 0 Å². The predicted octanol–water partition coefficient (Wildman–Crippen LogP) is 4.35. The van der Waals surface area contributed by atoms with Crippen molar-refractivity contribution in [2.45, 2.75) is 20.4 Å². The van der Waals surface area contributed by atoms with Gasteiger partial charge in [0.25, 0.3) is 5.91 Å². The average molecular weight is 388 g/mol. The van der Waals surface area contributed by atoms with Gasteiger partial charge in [0.2, 0.25) is 0 Å². The lowest BCUT2D eigenvalue weighted by Gasteiger charge is -2.12. The van der Waals surface area contributed by atoms with Crippen molar-refractivity contribution < 1.29 is 9.18 Å². The third-order valence-corrected chi connectivity index (χ3v) is 4.88. The smallest absolute Gasteiger partial charge is 0.257 e. The number of carbonyl (C=O) groups excluding carboxylic acids is 1. The lowest BCUT2D eigenvalue weighted by atomic mass is 10.1. The molecule has 1 amide bonds. The van der Waals surface area contributed by atoms with Crippen LogP contribution in [0, 0.1) is 19.7 Å². The summed E-state index contributed by atoms with van der Waals surface area (Å²) < 4.78 is 16.9. The molecule has 0 atom stereocenters. The molecule has 4 aromatic rings. The second-order valence-electron chi connectivity index (χ2n) is 6.87. The van der Waals surface area contributed by atoms with Crippen molar-refractivity contribution in [2.24, 2.45) is 0 Å². The molecule has 29 heavy (non-hydrogen) atoms. The maximum Gasteiger partial charge on any atom is 0.257 e. The Bertz CT molecular complexity index is 1140. The summed E-state index contributed by atoms with van der Waals surface area (Å²) >= 11 is 0. The summed E-state index contributed by atoms with van der Waals surface area (Å²) in [5.74, 6) is 0.0838. The van der Waals surface area contributed by atoms with Gasteiger partial charge < -0.3 is 9.88 Å². The summed E-state index contributed by atoms with van der Waals surface area (Å²) in [6.07, 6.45) is 3.71. The number of benzene rings is 2. The third-order valence-electron chi connectivity index (χ3n) is 4.88. The molecule has 0 aliphatic carbocycles. The van der Waals surface area contributed by atoms with Crippen LogP contribution in [0.2, 0.25) is 0 Å². The van der Waals surface area contributed by atoms with Gasteiger partial charge in [-0.15, -0.1) is 0 Å². The van der Waals surface area contributed by atoms with Crippen molar-refractivity contribution in [3.05, 3.63) is 101 Å². The largest absolute Gasteiger partial charge is 0.348 e. The van der Waals surface area contributed by atoms with Gasteiger partial charge in [-0.05, 0) is 61.4 Å². The highest BCUT2D eigenvalue weighted by atomic mass is 19.1. The van der Waals surface area contributed by atoms with E-state index in [2.05, 4.69) is 10.4 Å². The number of rotatable bonds is 5. The standard InChI is InChI=1S/C23H21FN4O/c1-16-7-3-4-8-18(16)15-25-22(29)21-17(2)26-28(20-11-9-19(24)10-12-20)23(21)27-13-5-6-14-27/h3-14H,15H2,1-2H3,(H,25,29). The highest BCUT2D eigenvalue weighted by Gasteiger charge is 2.23. The zero-order valence-corrected chi connectivity index (χ0v) is 16.3. The molecule has 0 radical (unpaired) electrons. The third kappa shape index (κ3) is 3.69. The SMILES string of the molecule is Cc1ccccc1CNC(=O)c1c(C)nn(-c2ccc(F)cc2)c1-n1cccc1. The van der Waals surface area contributed by atoms with E-state index in [4.69, 9.17) is 0 Å². The highest BCUT2D eigenvalue weighted by molar-refractivity contribution is 5.98. The van der Waals surface area contributed by atoms with E-state index in [1.165, 1.54) is 12.1 Å². The minimum atomic E-state index is -0.323. The van der Waals surface area contributed by atoms with E-state index in [0.717, 1.165) is 11.1 Å². The molecule has 0 aliphatic rings. The monoisotopic (exact) mass is 388 g/mol. The maximum absolute atomic E-state index is 13.4. The van der Waals surface area contributed by atoms with E-state index in [9.17, 15) is 9.18 Å². The number of amides is 1. The number of carbonyl (C=O) groups is 1. The lowest BCUT2D eigenvalue weighted by molar-refractivity contribution is 0.0950. The Labute approximate surface area is 168 Å². The molecule has 6 heteroatoms. The van der Waals surface area contributed by atoms with Crippen LogP contribution in [0.5, 0.6) is 0 Å². The zero-order valence-electron chi connectivity index (χ0n) is 16.3. The number of hydrogen-bond acceptors (Lipinski definition) is 2. The lowest BCUT2D eigenvalue weighted by Crippen LogP contribution is -2.25. The van der Waals surface area contributed by atoms with Crippen LogP contribution in [0.1, 0.15) is 27.2 Å². The molecule has 0 unspecified atom stereocenters. The number of nitrogens with one attached hydrogen (secondary N) is 1. The van der Waals surface area contributed by atoms with E-state index in [0.29, 0.717) is 29.3 Å². The van der Waals surface area contributed by atoms with E-state index in [1.54, 1.807) is 23.7 Å². The molecule has 2 aromatic carbocycles. The van der Waals surface area contributed by atoms with Gasteiger partial charge in [0.15, 0.2) is 5.82 Å². The fourth-order valence-corrected chi connectivity index (χ4v) is 3.33. The van der Waals surface area contributed by atoms with Crippen molar-refractivity contribution in [2.75, 3.05) is 0 Å². The molecule has 5 nitrogen and oxygen atoms in total. The summed E-state index contributed by atoms with van der Waals surface area (Å²) in [4.78, 5) is 13.1. The van der Waals surface area contributed by atoms with Gasteiger partial charge in [-0.25, -0.2) is 9.07 Å². The summed E-state index contributed by atoms with van der Waals surface area (Å²) in [6, 6.07) is 17.8. The first kappa shape index (κ1) is 18.7. The van der Waals surface area contributed by atoms with Crippen LogP contribution in [-0.2, 0) is 6.54 Å². The topological polar surface area (TPSA) is 51.9 Å². The van der Waals surface area contributed by atoms with Crippen LogP contribution in [0.3, 0.4) is 0 Å².